The van der Waals surface area contributed by atoms with Crippen molar-refractivity contribution in [3.8, 4) is 0 Å². The number of hydrogen-bond donors (Lipinski definition) is 0. The van der Waals surface area contributed by atoms with Gasteiger partial charge in [-0.15, -0.1) is 0 Å². The summed E-state index contributed by atoms with van der Waals surface area (Å²) in [7, 11) is 0. The molecule has 2 aliphatic rings. The van der Waals surface area contributed by atoms with Crippen LogP contribution in [0.25, 0.3) is 0 Å². The molecule has 0 N–H and O–H groups in total. The Kier molecular flexibility index (Phi) is 11.6. The predicted molar refractivity (Wildman–Crippen MR) is 110 cm³/mol. The topological polar surface area (TPSA) is 9.23 Å². The Labute approximate surface area is 166 Å². The number of allylic oxidation sites excluding steroid dienone is 1. The summed E-state index contributed by atoms with van der Waals surface area (Å²) in [5.74, 6) is 1.71. The van der Waals surface area contributed by atoms with E-state index in [0.29, 0.717) is 6.10 Å². The molecule has 0 aromatic carbocycles. The number of rotatable bonds is 12. The first-order valence-electron chi connectivity index (χ1n) is 11.8. The van der Waals surface area contributed by atoms with Gasteiger partial charge in [0.2, 0.25) is 0 Å². The third-order valence-corrected chi connectivity index (χ3v) is 6.92. The minimum Gasteiger partial charge on any atom is -0.378 e. The summed E-state index contributed by atoms with van der Waals surface area (Å²) in [6.07, 6.45) is 20.2. The largest absolute Gasteiger partial charge is 0.378 e. The van der Waals surface area contributed by atoms with E-state index in [1.54, 1.807) is 0 Å². The van der Waals surface area contributed by atoms with Crippen LogP contribution < -0.4 is 0 Å². The molecule has 0 spiro atoms. The van der Waals surface area contributed by atoms with Crippen molar-refractivity contribution in [2.45, 2.75) is 116 Å². The molecule has 0 radical (unpaired) electrons. The average Bonchev–Trinajstić information content (AvgIpc) is 2.67. The molecule has 2 fully saturated rings. The van der Waals surface area contributed by atoms with Crippen LogP contribution in [-0.4, -0.2) is 12.7 Å². The van der Waals surface area contributed by atoms with Gasteiger partial charge in [0.25, 0.3) is 6.08 Å². The highest BCUT2D eigenvalue weighted by Crippen LogP contribution is 2.41. The second kappa shape index (κ2) is 13.7. The van der Waals surface area contributed by atoms with Gasteiger partial charge in [0, 0.05) is 6.61 Å². The molecule has 0 saturated heterocycles. The van der Waals surface area contributed by atoms with E-state index in [-0.39, 0.29) is 5.92 Å². The van der Waals surface area contributed by atoms with Gasteiger partial charge in [-0.05, 0) is 81.6 Å². The first-order chi connectivity index (χ1) is 13.2. The molecule has 0 aromatic heterocycles. The van der Waals surface area contributed by atoms with Crippen LogP contribution in [0.5, 0.6) is 0 Å². The quantitative estimate of drug-likeness (QED) is 0.307. The first kappa shape index (κ1) is 22.8. The van der Waals surface area contributed by atoms with E-state index in [9.17, 15) is 8.78 Å². The number of hydrogen-bond acceptors (Lipinski definition) is 1. The SMILES string of the molecule is CCCCCCCCCCOC1CCC(C2CCC(C=C(F)F)CC2)CC1. The lowest BCUT2D eigenvalue weighted by atomic mass is 9.70. The van der Waals surface area contributed by atoms with Crippen LogP contribution >= 0.6 is 0 Å². The van der Waals surface area contributed by atoms with Crippen molar-refractivity contribution in [1.29, 1.82) is 0 Å². The third kappa shape index (κ3) is 9.54. The van der Waals surface area contributed by atoms with Gasteiger partial charge in [0.15, 0.2) is 0 Å². The van der Waals surface area contributed by atoms with Crippen molar-refractivity contribution in [3.05, 3.63) is 12.2 Å². The number of halogens is 2. The molecule has 0 unspecified atom stereocenters. The second-order valence-corrected chi connectivity index (χ2v) is 9.01. The van der Waals surface area contributed by atoms with Crippen molar-refractivity contribution in [1.82, 2.24) is 0 Å². The van der Waals surface area contributed by atoms with Crippen LogP contribution in [0.2, 0.25) is 0 Å². The lowest BCUT2D eigenvalue weighted by Crippen LogP contribution is -2.28. The number of unbranched alkanes of at least 4 members (excludes halogenated alkanes) is 7. The van der Waals surface area contributed by atoms with E-state index in [0.717, 1.165) is 44.1 Å². The van der Waals surface area contributed by atoms with Gasteiger partial charge < -0.3 is 4.74 Å². The zero-order chi connectivity index (χ0) is 19.3. The monoisotopic (exact) mass is 384 g/mol. The minimum absolute atomic E-state index is 0.123. The van der Waals surface area contributed by atoms with Crippen LogP contribution in [0.3, 0.4) is 0 Å². The molecule has 0 atom stereocenters. The molecular formula is C24H42F2O. The fourth-order valence-corrected chi connectivity index (χ4v) is 5.17. The highest BCUT2D eigenvalue weighted by Gasteiger charge is 2.30. The van der Waals surface area contributed by atoms with Crippen LogP contribution in [0, 0.1) is 17.8 Å². The van der Waals surface area contributed by atoms with E-state index in [2.05, 4.69) is 6.92 Å². The average molecular weight is 385 g/mol. The summed E-state index contributed by atoms with van der Waals surface area (Å²) in [5.41, 5.74) is 0. The Bertz CT molecular complexity index is 389. The maximum Gasteiger partial charge on any atom is 0.266 e. The Morgan fingerprint density at radius 1 is 0.741 bits per heavy atom. The van der Waals surface area contributed by atoms with Crippen LogP contribution in [-0.2, 0) is 4.74 Å². The molecule has 0 heterocycles. The van der Waals surface area contributed by atoms with Gasteiger partial charge in [-0.3, -0.25) is 0 Å². The van der Waals surface area contributed by atoms with Crippen molar-refractivity contribution in [2.24, 2.45) is 17.8 Å². The normalized spacial score (nSPS) is 28.9. The van der Waals surface area contributed by atoms with Crippen molar-refractivity contribution in [3.63, 3.8) is 0 Å². The fourth-order valence-electron chi connectivity index (χ4n) is 5.17. The van der Waals surface area contributed by atoms with Gasteiger partial charge in [-0.2, -0.15) is 8.78 Å². The molecule has 2 saturated carbocycles. The molecule has 0 aromatic rings. The summed E-state index contributed by atoms with van der Waals surface area (Å²) < 4.78 is 30.9. The van der Waals surface area contributed by atoms with Crippen LogP contribution in [0.4, 0.5) is 8.78 Å². The van der Waals surface area contributed by atoms with E-state index >= 15 is 0 Å². The van der Waals surface area contributed by atoms with E-state index < -0.39 is 6.08 Å². The molecule has 2 aliphatic carbocycles. The Morgan fingerprint density at radius 2 is 1.26 bits per heavy atom. The van der Waals surface area contributed by atoms with Crippen LogP contribution in [0.1, 0.15) is 110 Å². The summed E-state index contributed by atoms with van der Waals surface area (Å²) in [6.45, 7) is 3.21. The second-order valence-electron chi connectivity index (χ2n) is 9.01. The Morgan fingerprint density at radius 3 is 1.81 bits per heavy atom. The first-order valence-corrected chi connectivity index (χ1v) is 11.8. The maximum absolute atomic E-state index is 12.4. The fraction of sp³-hybridized carbons (Fsp3) is 0.917. The summed E-state index contributed by atoms with van der Waals surface area (Å²) in [5, 5.41) is 0. The molecule has 158 valence electrons. The molecule has 27 heavy (non-hydrogen) atoms. The molecule has 2 rings (SSSR count). The summed E-state index contributed by atoms with van der Waals surface area (Å²) in [4.78, 5) is 0. The molecule has 3 heteroatoms. The zero-order valence-corrected chi connectivity index (χ0v) is 17.6. The lowest BCUT2D eigenvalue weighted by molar-refractivity contribution is 0.00590. The summed E-state index contributed by atoms with van der Waals surface area (Å²) in [6, 6.07) is 0. The molecule has 0 amide bonds. The third-order valence-electron chi connectivity index (χ3n) is 6.92. The van der Waals surface area contributed by atoms with Crippen molar-refractivity contribution < 1.29 is 13.5 Å². The standard InChI is InChI=1S/C24H42F2O/c1-2-3-4-5-6-7-8-9-18-27-23-16-14-22(15-17-23)21-12-10-20(11-13-21)19-24(25)26/h19-23H,2-18H2,1H3. The van der Waals surface area contributed by atoms with Crippen LogP contribution in [0.15, 0.2) is 12.2 Å². The highest BCUT2D eigenvalue weighted by molar-refractivity contribution is 4.92. The molecular weight excluding hydrogens is 342 g/mol. The maximum atomic E-state index is 12.4. The highest BCUT2D eigenvalue weighted by atomic mass is 19.3. The Balaban J connectivity index is 1.47. The Hall–Kier alpha value is -0.440. The van der Waals surface area contributed by atoms with E-state index in [1.165, 1.54) is 83.1 Å². The molecule has 0 aliphatic heterocycles. The molecule has 0 bridgehead atoms. The smallest absolute Gasteiger partial charge is 0.266 e. The predicted octanol–water partition coefficient (Wildman–Crippen LogP) is 8.29. The van der Waals surface area contributed by atoms with Gasteiger partial charge in [0.1, 0.15) is 0 Å². The number of ether oxygens (including phenoxy) is 1. The van der Waals surface area contributed by atoms with E-state index in [1.807, 2.05) is 0 Å². The van der Waals surface area contributed by atoms with Gasteiger partial charge in [0.05, 0.1) is 6.10 Å². The lowest BCUT2D eigenvalue weighted by Gasteiger charge is -2.37. The molecule has 1 nitrogen and oxygen atoms in total. The van der Waals surface area contributed by atoms with E-state index in [4.69, 9.17) is 4.74 Å². The van der Waals surface area contributed by atoms with Gasteiger partial charge in [-0.25, -0.2) is 0 Å². The van der Waals surface area contributed by atoms with Crippen molar-refractivity contribution in [2.75, 3.05) is 6.61 Å². The zero-order valence-electron chi connectivity index (χ0n) is 17.6. The van der Waals surface area contributed by atoms with Crippen molar-refractivity contribution >= 4 is 0 Å². The van der Waals surface area contributed by atoms with Gasteiger partial charge >= 0.3 is 0 Å². The summed E-state index contributed by atoms with van der Waals surface area (Å²) >= 11 is 0. The minimum atomic E-state index is -1.49. The van der Waals surface area contributed by atoms with Gasteiger partial charge in [-0.1, -0.05) is 51.9 Å².